The molecular weight excluding hydrogens is 330 g/mol. The molecule has 0 aliphatic rings. The van der Waals surface area contributed by atoms with Crippen LogP contribution in [0.4, 0.5) is 5.69 Å². The molecule has 2 aromatic rings. The van der Waals surface area contributed by atoms with Crippen LogP contribution in [-0.4, -0.2) is 24.6 Å². The van der Waals surface area contributed by atoms with Crippen molar-refractivity contribution in [2.75, 3.05) is 11.9 Å². The summed E-state index contributed by atoms with van der Waals surface area (Å²) in [5, 5.41) is 6.82. The molecule has 0 saturated heterocycles. The second-order valence-corrected chi connectivity index (χ2v) is 5.07. The molecule has 124 valence electrons. The Bertz CT molecular complexity index is 745. The maximum atomic E-state index is 11.9. The molecule has 24 heavy (non-hydrogen) atoms. The van der Waals surface area contributed by atoms with Gasteiger partial charge in [-0.2, -0.15) is 5.10 Å². The van der Waals surface area contributed by atoms with E-state index in [1.807, 2.05) is 6.92 Å². The summed E-state index contributed by atoms with van der Waals surface area (Å²) in [6, 6.07) is 13.7. The number of nitrogens with one attached hydrogen (secondary N) is 2. The number of benzene rings is 2. The second-order valence-electron chi connectivity index (χ2n) is 4.63. The van der Waals surface area contributed by atoms with Crippen molar-refractivity contribution in [1.29, 1.82) is 0 Å². The van der Waals surface area contributed by atoms with E-state index in [2.05, 4.69) is 15.8 Å². The summed E-state index contributed by atoms with van der Waals surface area (Å²) >= 11 is 5.77. The molecule has 0 radical (unpaired) electrons. The summed E-state index contributed by atoms with van der Waals surface area (Å²) in [6.07, 6.45) is 1.41. The molecule has 0 bridgehead atoms. The number of rotatable bonds is 5. The lowest BCUT2D eigenvalue weighted by Crippen LogP contribution is -2.32. The van der Waals surface area contributed by atoms with Crippen LogP contribution in [0.15, 0.2) is 53.6 Å². The van der Waals surface area contributed by atoms with Crippen molar-refractivity contribution in [1.82, 2.24) is 5.43 Å². The van der Waals surface area contributed by atoms with Gasteiger partial charge in [0.1, 0.15) is 5.75 Å². The molecule has 0 unspecified atom stereocenters. The Morgan fingerprint density at radius 3 is 2.54 bits per heavy atom. The summed E-state index contributed by atoms with van der Waals surface area (Å²) in [7, 11) is 0. The Balaban J connectivity index is 1.93. The van der Waals surface area contributed by atoms with Gasteiger partial charge in [0.25, 0.3) is 0 Å². The lowest BCUT2D eigenvalue weighted by molar-refractivity contribution is -0.136. The minimum atomic E-state index is -0.883. The number of hydrogen-bond donors (Lipinski definition) is 2. The number of halogens is 1. The lowest BCUT2D eigenvalue weighted by Gasteiger charge is -2.10. The highest BCUT2D eigenvalue weighted by molar-refractivity contribution is 6.39. The molecule has 2 N–H and O–H groups in total. The summed E-state index contributed by atoms with van der Waals surface area (Å²) < 4.78 is 5.38. The zero-order chi connectivity index (χ0) is 17.4. The highest BCUT2D eigenvalue weighted by Gasteiger charge is 2.14. The molecule has 7 heteroatoms. The molecule has 0 aliphatic heterocycles. The van der Waals surface area contributed by atoms with Gasteiger partial charge < -0.3 is 10.1 Å². The van der Waals surface area contributed by atoms with Crippen molar-refractivity contribution in [3.63, 3.8) is 0 Å². The van der Waals surface area contributed by atoms with Crippen LogP contribution in [0.2, 0.25) is 5.02 Å². The molecular formula is C17H16ClN3O3. The van der Waals surface area contributed by atoms with Gasteiger partial charge in [-0.25, -0.2) is 5.43 Å². The first kappa shape index (κ1) is 17.5. The van der Waals surface area contributed by atoms with Crippen LogP contribution >= 0.6 is 11.6 Å². The van der Waals surface area contributed by atoms with Crippen LogP contribution in [0.3, 0.4) is 0 Å². The first-order valence-corrected chi connectivity index (χ1v) is 7.59. The Hall–Kier alpha value is -2.86. The Kier molecular flexibility index (Phi) is 6.33. The summed E-state index contributed by atoms with van der Waals surface area (Å²) in [5.41, 5.74) is 3.32. The quantitative estimate of drug-likeness (QED) is 0.497. The maximum Gasteiger partial charge on any atom is 0.329 e. The van der Waals surface area contributed by atoms with Crippen LogP contribution in [0.25, 0.3) is 0 Å². The van der Waals surface area contributed by atoms with E-state index in [-0.39, 0.29) is 0 Å². The number of amides is 2. The van der Waals surface area contributed by atoms with E-state index < -0.39 is 11.8 Å². The molecule has 2 rings (SSSR count). The normalized spacial score (nSPS) is 10.4. The highest BCUT2D eigenvalue weighted by Crippen LogP contribution is 2.23. The van der Waals surface area contributed by atoms with Gasteiger partial charge in [0.15, 0.2) is 0 Å². The fraction of sp³-hybridized carbons (Fsp3) is 0.118. The fourth-order valence-corrected chi connectivity index (χ4v) is 1.92. The van der Waals surface area contributed by atoms with Crippen molar-refractivity contribution in [3.8, 4) is 5.75 Å². The van der Waals surface area contributed by atoms with Gasteiger partial charge in [0.2, 0.25) is 0 Å². The minimum absolute atomic E-state index is 0.418. The van der Waals surface area contributed by atoms with Crippen molar-refractivity contribution in [2.45, 2.75) is 6.92 Å². The van der Waals surface area contributed by atoms with Crippen LogP contribution in [0.5, 0.6) is 5.75 Å². The zero-order valence-corrected chi connectivity index (χ0v) is 13.7. The second kappa shape index (κ2) is 8.69. The first-order chi connectivity index (χ1) is 11.6. The molecule has 0 heterocycles. The Morgan fingerprint density at radius 1 is 1.12 bits per heavy atom. The van der Waals surface area contributed by atoms with Gasteiger partial charge in [-0.3, -0.25) is 9.59 Å². The largest absolute Gasteiger partial charge is 0.492 e. The van der Waals surface area contributed by atoms with Gasteiger partial charge in [0, 0.05) is 5.02 Å². The molecule has 0 fully saturated rings. The first-order valence-electron chi connectivity index (χ1n) is 7.22. The Morgan fingerprint density at radius 2 is 1.83 bits per heavy atom. The standard InChI is InChI=1S/C17H16ClN3O3/c1-2-24-15-6-4-3-5-14(15)20-16(22)17(23)21-19-11-12-7-9-13(18)10-8-12/h3-11H,2H2,1H3,(H,20,22)(H,21,23)/b19-11-. The van der Waals surface area contributed by atoms with Crippen molar-refractivity contribution >= 4 is 35.3 Å². The number of ether oxygens (including phenoxy) is 1. The topological polar surface area (TPSA) is 79.8 Å². The van der Waals surface area contributed by atoms with E-state index in [1.165, 1.54) is 6.21 Å². The van der Waals surface area contributed by atoms with E-state index in [0.29, 0.717) is 23.1 Å². The van der Waals surface area contributed by atoms with E-state index >= 15 is 0 Å². The SMILES string of the molecule is CCOc1ccccc1NC(=O)C(=O)N/N=C\c1ccc(Cl)cc1. The minimum Gasteiger partial charge on any atom is -0.492 e. The molecule has 2 amide bonds. The van der Waals surface area contributed by atoms with Gasteiger partial charge in [0.05, 0.1) is 18.5 Å². The summed E-state index contributed by atoms with van der Waals surface area (Å²) in [6.45, 7) is 2.28. The summed E-state index contributed by atoms with van der Waals surface area (Å²) in [5.74, 6) is -1.23. The molecule has 0 aromatic heterocycles. The average molecular weight is 346 g/mol. The smallest absolute Gasteiger partial charge is 0.329 e. The van der Waals surface area contributed by atoms with E-state index in [0.717, 1.165) is 5.56 Å². The number of hydrogen-bond acceptors (Lipinski definition) is 4. The van der Waals surface area contributed by atoms with Gasteiger partial charge >= 0.3 is 11.8 Å². The molecule has 0 spiro atoms. The maximum absolute atomic E-state index is 11.9. The fourth-order valence-electron chi connectivity index (χ4n) is 1.80. The van der Waals surface area contributed by atoms with Crippen molar-refractivity contribution < 1.29 is 14.3 Å². The molecule has 2 aromatic carbocycles. The predicted octanol–water partition coefficient (Wildman–Crippen LogP) is 2.83. The number of para-hydroxylation sites is 2. The van der Waals surface area contributed by atoms with Crippen LogP contribution < -0.4 is 15.5 Å². The molecule has 0 aliphatic carbocycles. The molecule has 0 atom stereocenters. The van der Waals surface area contributed by atoms with Crippen molar-refractivity contribution in [3.05, 3.63) is 59.1 Å². The third kappa shape index (κ3) is 5.10. The number of anilines is 1. The van der Waals surface area contributed by atoms with E-state index in [9.17, 15) is 9.59 Å². The predicted molar refractivity (Wildman–Crippen MR) is 93.4 cm³/mol. The third-order valence-corrected chi connectivity index (χ3v) is 3.14. The summed E-state index contributed by atoms with van der Waals surface area (Å²) in [4.78, 5) is 23.6. The van der Waals surface area contributed by atoms with Gasteiger partial charge in [-0.15, -0.1) is 0 Å². The van der Waals surface area contributed by atoms with Crippen LogP contribution in [0, 0.1) is 0 Å². The average Bonchev–Trinajstić information content (AvgIpc) is 2.58. The lowest BCUT2D eigenvalue weighted by atomic mass is 10.2. The number of carbonyl (C=O) groups excluding carboxylic acids is 2. The van der Waals surface area contributed by atoms with Crippen LogP contribution in [-0.2, 0) is 9.59 Å². The third-order valence-electron chi connectivity index (χ3n) is 2.89. The Labute approximate surface area is 144 Å². The number of nitrogens with zero attached hydrogens (tertiary/aromatic N) is 1. The molecule has 0 saturated carbocycles. The van der Waals surface area contributed by atoms with Crippen LogP contribution in [0.1, 0.15) is 12.5 Å². The van der Waals surface area contributed by atoms with E-state index in [4.69, 9.17) is 16.3 Å². The van der Waals surface area contributed by atoms with Crippen molar-refractivity contribution in [2.24, 2.45) is 5.10 Å². The monoisotopic (exact) mass is 345 g/mol. The zero-order valence-electron chi connectivity index (χ0n) is 13.0. The van der Waals surface area contributed by atoms with Gasteiger partial charge in [-0.05, 0) is 36.8 Å². The highest BCUT2D eigenvalue weighted by atomic mass is 35.5. The van der Waals surface area contributed by atoms with Gasteiger partial charge in [-0.1, -0.05) is 35.9 Å². The number of hydrazone groups is 1. The van der Waals surface area contributed by atoms with E-state index in [1.54, 1.807) is 48.5 Å². The molecule has 6 nitrogen and oxygen atoms in total. The number of carbonyl (C=O) groups is 2.